The third kappa shape index (κ3) is 3.49. The van der Waals surface area contributed by atoms with Crippen molar-refractivity contribution in [3.05, 3.63) is 29.3 Å². The number of carbonyl (C=O) groups excluding carboxylic acids is 1. The average Bonchev–Trinajstić information content (AvgIpc) is 2.13. The van der Waals surface area contributed by atoms with Crippen molar-refractivity contribution in [2.45, 2.75) is 52.4 Å². The molecular formula is C15H24N2O. The zero-order valence-corrected chi connectivity index (χ0v) is 12.2. The lowest BCUT2D eigenvalue weighted by atomic mass is 9.81. The Morgan fingerprint density at radius 3 is 2.00 bits per heavy atom. The standard InChI is InChI=1S/C15H24N2O/c1-14(2,3)10-7-8-11(15(4,5)6)12(9-10)17-13(16)18/h7-9H,1-6H3,(H3,16,17,18). The fraction of sp³-hybridized carbons (Fsp3) is 0.533. The van der Waals surface area contributed by atoms with Crippen molar-refractivity contribution in [2.24, 2.45) is 5.73 Å². The molecule has 0 unspecified atom stereocenters. The Hall–Kier alpha value is -1.51. The third-order valence-electron chi connectivity index (χ3n) is 2.95. The van der Waals surface area contributed by atoms with Gasteiger partial charge in [-0.15, -0.1) is 0 Å². The van der Waals surface area contributed by atoms with E-state index in [1.165, 1.54) is 5.56 Å². The predicted molar refractivity (Wildman–Crippen MR) is 77.0 cm³/mol. The van der Waals surface area contributed by atoms with Crippen LogP contribution in [0.15, 0.2) is 18.2 Å². The van der Waals surface area contributed by atoms with Gasteiger partial charge < -0.3 is 11.1 Å². The SMILES string of the molecule is CC(C)(C)c1ccc(C(C)(C)C)c(NC(N)=O)c1. The van der Waals surface area contributed by atoms with Crippen molar-refractivity contribution in [3.8, 4) is 0 Å². The first-order chi connectivity index (χ1) is 8.01. The van der Waals surface area contributed by atoms with Crippen molar-refractivity contribution in [2.75, 3.05) is 5.32 Å². The number of anilines is 1. The normalized spacial score (nSPS) is 12.3. The molecule has 2 amide bonds. The Labute approximate surface area is 110 Å². The van der Waals surface area contributed by atoms with E-state index >= 15 is 0 Å². The van der Waals surface area contributed by atoms with Gasteiger partial charge in [0.2, 0.25) is 0 Å². The van der Waals surface area contributed by atoms with E-state index in [0.29, 0.717) is 0 Å². The molecule has 100 valence electrons. The maximum Gasteiger partial charge on any atom is 0.316 e. The van der Waals surface area contributed by atoms with Gasteiger partial charge in [-0.2, -0.15) is 0 Å². The van der Waals surface area contributed by atoms with E-state index in [2.05, 4.69) is 59.0 Å². The molecule has 3 N–H and O–H groups in total. The van der Waals surface area contributed by atoms with Crippen LogP contribution in [-0.4, -0.2) is 6.03 Å². The number of rotatable bonds is 1. The lowest BCUT2D eigenvalue weighted by molar-refractivity contribution is 0.259. The smallest absolute Gasteiger partial charge is 0.316 e. The number of amides is 2. The van der Waals surface area contributed by atoms with Crippen molar-refractivity contribution in [1.29, 1.82) is 0 Å². The quantitative estimate of drug-likeness (QED) is 0.781. The summed E-state index contributed by atoms with van der Waals surface area (Å²) in [6, 6.07) is 5.69. The topological polar surface area (TPSA) is 55.1 Å². The molecule has 0 saturated carbocycles. The molecule has 0 atom stereocenters. The summed E-state index contributed by atoms with van der Waals surface area (Å²) in [5.41, 5.74) is 8.34. The van der Waals surface area contributed by atoms with Crippen molar-refractivity contribution in [1.82, 2.24) is 0 Å². The molecule has 0 aliphatic carbocycles. The summed E-state index contributed by atoms with van der Waals surface area (Å²) in [4.78, 5) is 11.1. The molecule has 0 aromatic heterocycles. The molecule has 3 heteroatoms. The van der Waals surface area contributed by atoms with E-state index in [1.54, 1.807) is 0 Å². The molecule has 0 aliphatic rings. The number of carbonyl (C=O) groups is 1. The van der Waals surface area contributed by atoms with Gasteiger partial charge in [-0.25, -0.2) is 4.79 Å². The van der Waals surface area contributed by atoms with Crippen LogP contribution in [0, 0.1) is 0 Å². The Morgan fingerprint density at radius 2 is 1.61 bits per heavy atom. The fourth-order valence-corrected chi connectivity index (χ4v) is 1.90. The first-order valence-corrected chi connectivity index (χ1v) is 6.23. The van der Waals surface area contributed by atoms with Crippen LogP contribution in [0.4, 0.5) is 10.5 Å². The van der Waals surface area contributed by atoms with Crippen LogP contribution in [0.3, 0.4) is 0 Å². The third-order valence-corrected chi connectivity index (χ3v) is 2.95. The molecule has 3 nitrogen and oxygen atoms in total. The molecule has 18 heavy (non-hydrogen) atoms. The number of nitrogens with one attached hydrogen (secondary N) is 1. The second-order valence-electron chi connectivity index (χ2n) is 6.75. The summed E-state index contributed by atoms with van der Waals surface area (Å²) < 4.78 is 0. The van der Waals surface area contributed by atoms with E-state index in [1.807, 2.05) is 6.07 Å². The van der Waals surface area contributed by atoms with E-state index in [4.69, 9.17) is 5.73 Å². The predicted octanol–water partition coefficient (Wildman–Crippen LogP) is 3.77. The van der Waals surface area contributed by atoms with Crippen LogP contribution in [0.2, 0.25) is 0 Å². The van der Waals surface area contributed by atoms with Crippen LogP contribution < -0.4 is 11.1 Å². The minimum atomic E-state index is -0.522. The highest BCUT2D eigenvalue weighted by molar-refractivity contribution is 5.89. The molecule has 0 heterocycles. The molecule has 0 bridgehead atoms. The molecule has 0 aliphatic heterocycles. The van der Waals surface area contributed by atoms with Gasteiger partial charge in [0.15, 0.2) is 0 Å². The fourth-order valence-electron chi connectivity index (χ4n) is 1.90. The van der Waals surface area contributed by atoms with E-state index in [0.717, 1.165) is 11.3 Å². The Morgan fingerprint density at radius 1 is 1.06 bits per heavy atom. The van der Waals surface area contributed by atoms with Crippen molar-refractivity contribution >= 4 is 11.7 Å². The number of hydrogen-bond acceptors (Lipinski definition) is 1. The highest BCUT2D eigenvalue weighted by Crippen LogP contribution is 2.33. The molecule has 0 fully saturated rings. The minimum absolute atomic E-state index is 0.0335. The molecule has 1 rings (SSSR count). The maximum atomic E-state index is 11.1. The van der Waals surface area contributed by atoms with Crippen LogP contribution in [0.1, 0.15) is 52.7 Å². The molecule has 0 radical (unpaired) electrons. The Kier molecular flexibility index (Phi) is 3.75. The van der Waals surface area contributed by atoms with Gasteiger partial charge in [-0.1, -0.05) is 53.7 Å². The number of nitrogens with two attached hydrogens (primary N) is 1. The van der Waals surface area contributed by atoms with Gasteiger partial charge in [0.1, 0.15) is 0 Å². The lowest BCUT2D eigenvalue weighted by Crippen LogP contribution is -2.24. The zero-order valence-electron chi connectivity index (χ0n) is 12.2. The second kappa shape index (κ2) is 4.63. The summed E-state index contributed by atoms with van der Waals surface area (Å²) in [7, 11) is 0. The van der Waals surface area contributed by atoms with E-state index in [-0.39, 0.29) is 10.8 Å². The highest BCUT2D eigenvalue weighted by Gasteiger charge is 2.21. The van der Waals surface area contributed by atoms with Gasteiger partial charge in [0.05, 0.1) is 0 Å². The molecule has 1 aromatic carbocycles. The van der Waals surface area contributed by atoms with Crippen molar-refractivity contribution < 1.29 is 4.79 Å². The molecule has 0 spiro atoms. The van der Waals surface area contributed by atoms with Gasteiger partial charge in [-0.05, 0) is 28.0 Å². The van der Waals surface area contributed by atoms with Crippen LogP contribution >= 0.6 is 0 Å². The molecule has 0 saturated heterocycles. The van der Waals surface area contributed by atoms with Gasteiger partial charge in [0, 0.05) is 5.69 Å². The van der Waals surface area contributed by atoms with E-state index in [9.17, 15) is 4.79 Å². The Bertz CT molecular complexity index is 451. The number of primary amides is 1. The van der Waals surface area contributed by atoms with Crippen LogP contribution in [0.25, 0.3) is 0 Å². The first kappa shape index (κ1) is 14.6. The van der Waals surface area contributed by atoms with Crippen LogP contribution in [0.5, 0.6) is 0 Å². The van der Waals surface area contributed by atoms with E-state index < -0.39 is 6.03 Å². The second-order valence-corrected chi connectivity index (χ2v) is 6.75. The Balaban J connectivity index is 3.34. The summed E-state index contributed by atoms with van der Waals surface area (Å²) in [6.45, 7) is 12.8. The summed E-state index contributed by atoms with van der Waals surface area (Å²) in [5.74, 6) is 0. The number of urea groups is 1. The monoisotopic (exact) mass is 248 g/mol. The van der Waals surface area contributed by atoms with Crippen molar-refractivity contribution in [3.63, 3.8) is 0 Å². The van der Waals surface area contributed by atoms with Gasteiger partial charge in [-0.3, -0.25) is 0 Å². The minimum Gasteiger partial charge on any atom is -0.351 e. The zero-order chi connectivity index (χ0) is 14.1. The molecule has 1 aromatic rings. The lowest BCUT2D eigenvalue weighted by Gasteiger charge is -2.26. The largest absolute Gasteiger partial charge is 0.351 e. The number of benzene rings is 1. The average molecular weight is 248 g/mol. The number of hydrogen-bond donors (Lipinski definition) is 2. The molecular weight excluding hydrogens is 224 g/mol. The maximum absolute atomic E-state index is 11.1. The van der Waals surface area contributed by atoms with Gasteiger partial charge in [0.25, 0.3) is 0 Å². The first-order valence-electron chi connectivity index (χ1n) is 6.23. The highest BCUT2D eigenvalue weighted by atomic mass is 16.2. The summed E-state index contributed by atoms with van der Waals surface area (Å²) in [6.07, 6.45) is 0. The summed E-state index contributed by atoms with van der Waals surface area (Å²) in [5, 5.41) is 2.73. The van der Waals surface area contributed by atoms with Gasteiger partial charge >= 0.3 is 6.03 Å². The summed E-state index contributed by atoms with van der Waals surface area (Å²) >= 11 is 0. The van der Waals surface area contributed by atoms with Crippen LogP contribution in [-0.2, 0) is 10.8 Å².